The Kier molecular flexibility index (Phi) is 3.74. The molecule has 2 amide bonds. The van der Waals surface area contributed by atoms with Gasteiger partial charge in [0.05, 0.1) is 16.3 Å². The fraction of sp³-hybridized carbons (Fsp3) is 0.400. The van der Waals surface area contributed by atoms with E-state index in [0.717, 1.165) is 22.1 Å². The number of amides is 2. The second kappa shape index (κ2) is 5.36. The van der Waals surface area contributed by atoms with Crippen LogP contribution in [0.25, 0.3) is 0 Å². The number of carbonyl (C=O) groups is 2. The lowest BCUT2D eigenvalue weighted by Crippen LogP contribution is -2.32. The second-order valence-corrected chi connectivity index (χ2v) is 6.83. The van der Waals surface area contributed by atoms with E-state index in [1.807, 2.05) is 13.8 Å². The van der Waals surface area contributed by atoms with Gasteiger partial charge in [-0.05, 0) is 18.2 Å². The first-order chi connectivity index (χ1) is 10.7. The van der Waals surface area contributed by atoms with E-state index >= 15 is 0 Å². The Labute approximate surface area is 134 Å². The molecule has 23 heavy (non-hydrogen) atoms. The molecule has 122 valence electrons. The van der Waals surface area contributed by atoms with E-state index in [9.17, 15) is 22.8 Å². The molecule has 0 spiro atoms. The van der Waals surface area contributed by atoms with Crippen molar-refractivity contribution in [3.05, 3.63) is 29.8 Å². The molecule has 1 aromatic carbocycles. The Morgan fingerprint density at radius 2 is 1.91 bits per heavy atom. The number of anilines is 1. The van der Waals surface area contributed by atoms with Crippen molar-refractivity contribution in [3.63, 3.8) is 0 Å². The van der Waals surface area contributed by atoms with Gasteiger partial charge in [-0.1, -0.05) is 31.7 Å². The maximum atomic E-state index is 12.8. The number of carbonyl (C=O) groups excluding carboxylic acids is 2. The van der Waals surface area contributed by atoms with Gasteiger partial charge >= 0.3 is 6.18 Å². The van der Waals surface area contributed by atoms with Crippen LogP contribution in [0.3, 0.4) is 0 Å². The quantitative estimate of drug-likeness (QED) is 0.776. The number of fused-ring (bicyclic) bond motifs is 1. The van der Waals surface area contributed by atoms with Gasteiger partial charge in [-0.3, -0.25) is 14.6 Å². The first-order valence-corrected chi connectivity index (χ1v) is 7.87. The summed E-state index contributed by atoms with van der Waals surface area (Å²) in [6.07, 6.45) is -4.53. The first kappa shape index (κ1) is 16.0. The van der Waals surface area contributed by atoms with Crippen molar-refractivity contribution in [2.45, 2.75) is 31.3 Å². The molecule has 2 unspecified atom stereocenters. The van der Waals surface area contributed by atoms with E-state index in [0.29, 0.717) is 0 Å². The van der Waals surface area contributed by atoms with Crippen molar-refractivity contribution in [2.75, 3.05) is 4.90 Å². The van der Waals surface area contributed by atoms with Gasteiger partial charge in [-0.15, -0.1) is 0 Å². The molecule has 2 aliphatic heterocycles. The summed E-state index contributed by atoms with van der Waals surface area (Å²) in [5.41, 5.74) is -0.960. The molecule has 0 N–H and O–H groups in total. The molecule has 0 saturated carbocycles. The van der Waals surface area contributed by atoms with Gasteiger partial charge in [-0.25, -0.2) is 4.90 Å². The van der Waals surface area contributed by atoms with Gasteiger partial charge in [0.2, 0.25) is 5.91 Å². The van der Waals surface area contributed by atoms with E-state index in [4.69, 9.17) is 0 Å². The Balaban J connectivity index is 1.94. The Morgan fingerprint density at radius 1 is 1.22 bits per heavy atom. The third-order valence-corrected chi connectivity index (χ3v) is 5.20. The second-order valence-electron chi connectivity index (χ2n) is 5.67. The number of hydrogen-bond acceptors (Lipinski definition) is 4. The Bertz CT molecular complexity index is 715. The van der Waals surface area contributed by atoms with Gasteiger partial charge in [0.25, 0.3) is 5.91 Å². The van der Waals surface area contributed by atoms with Crippen molar-refractivity contribution >= 4 is 34.3 Å². The van der Waals surface area contributed by atoms with Crippen LogP contribution in [-0.4, -0.2) is 28.1 Å². The van der Waals surface area contributed by atoms with Crippen molar-refractivity contribution in [1.82, 2.24) is 0 Å². The maximum absolute atomic E-state index is 12.8. The number of halogens is 3. The fourth-order valence-electron chi connectivity index (χ4n) is 2.53. The van der Waals surface area contributed by atoms with E-state index in [2.05, 4.69) is 4.99 Å². The van der Waals surface area contributed by atoms with Gasteiger partial charge in [-0.2, -0.15) is 13.2 Å². The van der Waals surface area contributed by atoms with Crippen LogP contribution in [0.2, 0.25) is 0 Å². The summed E-state index contributed by atoms with van der Waals surface area (Å²) in [4.78, 5) is 30.0. The average Bonchev–Trinajstić information content (AvgIpc) is 3.00. The van der Waals surface area contributed by atoms with Crippen molar-refractivity contribution in [3.8, 4) is 0 Å². The zero-order valence-corrected chi connectivity index (χ0v) is 13.1. The third-order valence-electron chi connectivity index (χ3n) is 3.66. The molecule has 1 saturated heterocycles. The van der Waals surface area contributed by atoms with Gasteiger partial charge in [0.15, 0.2) is 6.04 Å². The number of thioether (sulfide) groups is 1. The predicted molar refractivity (Wildman–Crippen MR) is 81.4 cm³/mol. The highest BCUT2D eigenvalue weighted by Gasteiger charge is 2.52. The minimum atomic E-state index is -4.53. The highest BCUT2D eigenvalue weighted by atomic mass is 32.2. The minimum absolute atomic E-state index is 0.0638. The van der Waals surface area contributed by atoms with Crippen molar-refractivity contribution < 1.29 is 22.8 Å². The summed E-state index contributed by atoms with van der Waals surface area (Å²) in [5.74, 6) is -0.973. The molecule has 2 heterocycles. The van der Waals surface area contributed by atoms with Crippen LogP contribution in [-0.2, 0) is 15.8 Å². The van der Waals surface area contributed by atoms with Crippen LogP contribution in [0.15, 0.2) is 29.3 Å². The number of aliphatic imine (C=N–C) groups is 1. The molecule has 4 nitrogen and oxygen atoms in total. The Hall–Kier alpha value is -1.83. The van der Waals surface area contributed by atoms with Crippen LogP contribution in [0.5, 0.6) is 0 Å². The summed E-state index contributed by atoms with van der Waals surface area (Å²) < 4.78 is 38.4. The number of hydrogen-bond donors (Lipinski definition) is 0. The number of nitrogens with zero attached hydrogens (tertiary/aromatic N) is 2. The topological polar surface area (TPSA) is 49.7 Å². The summed E-state index contributed by atoms with van der Waals surface area (Å²) in [6, 6.07) is 3.39. The summed E-state index contributed by atoms with van der Waals surface area (Å²) in [7, 11) is 0. The Morgan fingerprint density at radius 3 is 2.48 bits per heavy atom. The number of rotatable bonds is 2. The fourth-order valence-corrected chi connectivity index (χ4v) is 3.75. The summed E-state index contributed by atoms with van der Waals surface area (Å²) in [5, 5.41) is 0.0554. The molecule has 0 radical (unpaired) electrons. The normalized spacial score (nSPS) is 24.4. The molecule has 1 fully saturated rings. The molecule has 2 atom stereocenters. The lowest BCUT2D eigenvalue weighted by Gasteiger charge is -2.17. The standard InChI is InChI=1S/C15H13F3N2O2S/c1-7(2)12-19-10-11(23-12)14(22)20(13(10)21)9-5-3-4-8(6-9)15(16,17)18/h3-7,10-11H,1-2H3. The molecule has 0 aliphatic carbocycles. The SMILES string of the molecule is CC(C)C1=NC2C(=O)N(c3cccc(C(F)(F)F)c3)C(=O)C2S1. The molecule has 2 aliphatic rings. The molecular formula is C15H13F3N2O2S. The molecule has 0 bridgehead atoms. The maximum Gasteiger partial charge on any atom is 0.416 e. The van der Waals surface area contributed by atoms with Gasteiger partial charge < -0.3 is 0 Å². The van der Waals surface area contributed by atoms with Crippen LogP contribution in [0.4, 0.5) is 18.9 Å². The van der Waals surface area contributed by atoms with Crippen molar-refractivity contribution in [2.24, 2.45) is 10.9 Å². The summed E-state index contributed by atoms with van der Waals surface area (Å²) >= 11 is 1.23. The smallest absolute Gasteiger partial charge is 0.273 e. The number of alkyl halides is 3. The van der Waals surface area contributed by atoms with E-state index in [1.165, 1.54) is 23.9 Å². The monoisotopic (exact) mass is 342 g/mol. The zero-order chi connectivity index (χ0) is 16.9. The first-order valence-electron chi connectivity index (χ1n) is 6.99. The lowest BCUT2D eigenvalue weighted by atomic mass is 10.2. The molecule has 1 aromatic rings. The van der Waals surface area contributed by atoms with E-state index in [1.54, 1.807) is 0 Å². The van der Waals surface area contributed by atoms with Crippen molar-refractivity contribution in [1.29, 1.82) is 0 Å². The number of imide groups is 1. The largest absolute Gasteiger partial charge is 0.416 e. The lowest BCUT2D eigenvalue weighted by molar-refractivity contribution is -0.137. The van der Waals surface area contributed by atoms with Gasteiger partial charge in [0, 0.05) is 5.92 Å². The third kappa shape index (κ3) is 2.65. The van der Waals surface area contributed by atoms with Crippen LogP contribution >= 0.6 is 11.8 Å². The molecular weight excluding hydrogens is 329 g/mol. The van der Waals surface area contributed by atoms with Crippen LogP contribution in [0, 0.1) is 5.92 Å². The average molecular weight is 342 g/mol. The zero-order valence-electron chi connectivity index (χ0n) is 12.3. The molecule has 3 rings (SSSR count). The molecule has 0 aromatic heterocycles. The van der Waals surface area contributed by atoms with Crippen LogP contribution in [0.1, 0.15) is 19.4 Å². The van der Waals surface area contributed by atoms with Gasteiger partial charge in [0.1, 0.15) is 5.25 Å². The van der Waals surface area contributed by atoms with E-state index in [-0.39, 0.29) is 11.6 Å². The highest BCUT2D eigenvalue weighted by molar-refractivity contribution is 8.15. The highest BCUT2D eigenvalue weighted by Crippen LogP contribution is 2.40. The summed E-state index contributed by atoms with van der Waals surface area (Å²) in [6.45, 7) is 3.82. The van der Waals surface area contributed by atoms with Crippen LogP contribution < -0.4 is 4.90 Å². The minimum Gasteiger partial charge on any atom is -0.273 e. The predicted octanol–water partition coefficient (Wildman–Crippen LogP) is 3.12. The molecule has 8 heteroatoms. The number of benzene rings is 1. The van der Waals surface area contributed by atoms with E-state index < -0.39 is 34.8 Å².